The predicted octanol–water partition coefficient (Wildman–Crippen LogP) is 6.21. The molecule has 3 aromatic rings. The lowest BCUT2D eigenvalue weighted by molar-refractivity contribution is -0.130. The molecule has 2 bridgehead atoms. The van der Waals surface area contributed by atoms with Crippen molar-refractivity contribution in [3.8, 4) is 5.75 Å². The fourth-order valence-electron chi connectivity index (χ4n) is 4.59. The van der Waals surface area contributed by atoms with Crippen LogP contribution in [0, 0.1) is 12.8 Å². The molecular weight excluding hydrogens is 522 g/mol. The zero-order valence-corrected chi connectivity index (χ0v) is 21.1. The largest absolute Gasteiger partial charge is 0.467 e. The van der Waals surface area contributed by atoms with Crippen molar-refractivity contribution in [2.75, 3.05) is 10.2 Å². The molecule has 0 aliphatic carbocycles. The molecule has 3 aromatic carbocycles. The number of rotatable bonds is 3. The molecule has 3 atom stereocenters. The van der Waals surface area contributed by atoms with Crippen LogP contribution in [0.15, 0.2) is 71.2 Å². The van der Waals surface area contributed by atoms with E-state index < -0.39 is 11.6 Å². The fraction of sp³-hybridized carbons (Fsp3) is 0.200. The Hall–Kier alpha value is -2.61. The Morgan fingerprint density at radius 2 is 1.85 bits per heavy atom. The summed E-state index contributed by atoms with van der Waals surface area (Å²) >= 11 is 15.3. The summed E-state index contributed by atoms with van der Waals surface area (Å²) in [7, 11) is 0. The van der Waals surface area contributed by atoms with Crippen LogP contribution < -0.4 is 20.3 Å². The number of ether oxygens (including phenoxy) is 1. The Balaban J connectivity index is 1.62. The molecule has 33 heavy (non-hydrogen) atoms. The summed E-state index contributed by atoms with van der Waals surface area (Å²) in [5.41, 5.74) is 2.47. The number of nitrogens with one attached hydrogen (secondary N) is 2. The van der Waals surface area contributed by atoms with E-state index in [2.05, 4.69) is 26.6 Å². The number of hydrogen-bond donors (Lipinski definition) is 2. The molecule has 0 saturated carbocycles. The van der Waals surface area contributed by atoms with Gasteiger partial charge in [0, 0.05) is 26.4 Å². The summed E-state index contributed by atoms with van der Waals surface area (Å²) in [6.07, 6.45) is 0. The molecule has 5 rings (SSSR count). The van der Waals surface area contributed by atoms with Crippen molar-refractivity contribution in [1.82, 2.24) is 5.32 Å². The topological polar surface area (TPSA) is 53.6 Å². The smallest absolute Gasteiger partial charge is 0.236 e. The van der Waals surface area contributed by atoms with E-state index >= 15 is 0 Å². The lowest BCUT2D eigenvalue weighted by Gasteiger charge is -2.56. The SMILES string of the molecule is Cc1ccc(N2C(=S)NC3c4cc(Br)ccc4OC2(C)C3C(=O)Nc2ccc(Cl)cc2)cc1. The zero-order valence-electron chi connectivity index (χ0n) is 17.9. The Morgan fingerprint density at radius 1 is 1.15 bits per heavy atom. The van der Waals surface area contributed by atoms with Crippen LogP contribution in [0.3, 0.4) is 0 Å². The predicted molar refractivity (Wildman–Crippen MR) is 139 cm³/mol. The molecule has 0 spiro atoms. The van der Waals surface area contributed by atoms with E-state index in [9.17, 15) is 4.79 Å². The Labute approximate surface area is 211 Å². The van der Waals surface area contributed by atoms with Crippen LogP contribution in [0.2, 0.25) is 5.02 Å². The van der Waals surface area contributed by atoms with Gasteiger partial charge in [0.05, 0.1) is 6.04 Å². The van der Waals surface area contributed by atoms with E-state index in [1.54, 1.807) is 24.3 Å². The first-order valence-electron chi connectivity index (χ1n) is 10.5. The lowest BCUT2D eigenvalue weighted by Crippen LogP contribution is -2.72. The Kier molecular flexibility index (Phi) is 5.59. The lowest BCUT2D eigenvalue weighted by atomic mass is 9.78. The molecule has 1 saturated heterocycles. The van der Waals surface area contributed by atoms with Gasteiger partial charge in [0.2, 0.25) is 5.91 Å². The monoisotopic (exact) mass is 541 g/mol. The average Bonchev–Trinajstić information content (AvgIpc) is 2.77. The number of aryl methyl sites for hydroxylation is 1. The van der Waals surface area contributed by atoms with Crippen molar-refractivity contribution < 1.29 is 9.53 Å². The van der Waals surface area contributed by atoms with Gasteiger partial charge < -0.3 is 15.4 Å². The van der Waals surface area contributed by atoms with Crippen molar-refractivity contribution in [2.45, 2.75) is 25.6 Å². The average molecular weight is 543 g/mol. The second-order valence-corrected chi connectivity index (χ2v) is 10.1. The fourth-order valence-corrected chi connectivity index (χ4v) is 5.51. The van der Waals surface area contributed by atoms with E-state index in [1.807, 2.05) is 61.2 Å². The van der Waals surface area contributed by atoms with Gasteiger partial charge in [0.1, 0.15) is 11.7 Å². The van der Waals surface area contributed by atoms with Gasteiger partial charge in [0.25, 0.3) is 0 Å². The van der Waals surface area contributed by atoms with Crippen molar-refractivity contribution in [1.29, 1.82) is 0 Å². The zero-order chi connectivity index (χ0) is 23.3. The van der Waals surface area contributed by atoms with Crippen molar-refractivity contribution in [2.24, 2.45) is 5.92 Å². The number of anilines is 2. The molecule has 3 unspecified atom stereocenters. The quantitative estimate of drug-likeness (QED) is 0.386. The molecule has 8 heteroatoms. The summed E-state index contributed by atoms with van der Waals surface area (Å²) in [4.78, 5) is 15.7. The highest BCUT2D eigenvalue weighted by Gasteiger charge is 2.59. The second-order valence-electron chi connectivity index (χ2n) is 8.41. The third kappa shape index (κ3) is 3.88. The van der Waals surface area contributed by atoms with Crippen LogP contribution in [0.4, 0.5) is 11.4 Å². The highest BCUT2D eigenvalue weighted by atomic mass is 79.9. The van der Waals surface area contributed by atoms with Gasteiger partial charge in [-0.15, -0.1) is 0 Å². The van der Waals surface area contributed by atoms with Gasteiger partial charge in [0.15, 0.2) is 10.8 Å². The molecule has 168 valence electrons. The first-order chi connectivity index (χ1) is 15.8. The molecule has 0 aromatic heterocycles. The summed E-state index contributed by atoms with van der Waals surface area (Å²) < 4.78 is 7.50. The van der Waals surface area contributed by atoms with Gasteiger partial charge in [-0.1, -0.05) is 45.2 Å². The van der Waals surface area contributed by atoms with Crippen molar-refractivity contribution in [3.63, 3.8) is 0 Å². The second kappa shape index (κ2) is 8.31. The van der Waals surface area contributed by atoms with Crippen molar-refractivity contribution >= 4 is 62.1 Å². The molecule has 2 N–H and O–H groups in total. The van der Waals surface area contributed by atoms with Crippen LogP contribution in [-0.2, 0) is 4.79 Å². The number of halogens is 2. The van der Waals surface area contributed by atoms with E-state index in [4.69, 9.17) is 28.6 Å². The van der Waals surface area contributed by atoms with E-state index in [-0.39, 0.29) is 11.9 Å². The van der Waals surface area contributed by atoms with Gasteiger partial charge in [-0.2, -0.15) is 0 Å². The van der Waals surface area contributed by atoms with Gasteiger partial charge >= 0.3 is 0 Å². The molecular formula is C25H21BrClN3O2S. The molecule has 1 amide bonds. The highest BCUT2D eigenvalue weighted by molar-refractivity contribution is 9.10. The third-order valence-corrected chi connectivity index (χ3v) is 7.19. The third-order valence-electron chi connectivity index (χ3n) is 6.15. The van der Waals surface area contributed by atoms with Crippen LogP contribution in [-0.4, -0.2) is 16.7 Å². The minimum Gasteiger partial charge on any atom is -0.467 e. The van der Waals surface area contributed by atoms with Crippen molar-refractivity contribution in [3.05, 3.63) is 87.4 Å². The van der Waals surface area contributed by atoms with E-state index in [1.165, 1.54) is 0 Å². The van der Waals surface area contributed by atoms with E-state index in [0.29, 0.717) is 21.6 Å². The number of hydrogen-bond acceptors (Lipinski definition) is 3. The Bertz CT molecular complexity index is 1250. The highest BCUT2D eigenvalue weighted by Crippen LogP contribution is 2.50. The first kappa shape index (κ1) is 22.2. The number of thiocarbonyl (C=S) groups is 1. The molecule has 5 nitrogen and oxygen atoms in total. The number of nitrogens with zero attached hydrogens (tertiary/aromatic N) is 1. The van der Waals surface area contributed by atoms with E-state index in [0.717, 1.165) is 21.3 Å². The number of amides is 1. The summed E-state index contributed by atoms with van der Waals surface area (Å²) in [5, 5.41) is 7.57. The minimum absolute atomic E-state index is 0.178. The number of carbonyl (C=O) groups excluding carboxylic acids is 1. The standard InChI is InChI=1S/C25H21BrClN3O2S/c1-14-3-10-18(11-4-14)30-24(33)29-22-19-13-15(26)5-12-20(19)32-25(30,2)21(22)23(31)28-17-8-6-16(27)7-9-17/h3-13,21-22H,1-2H3,(H,28,31)(H,29,33). The molecule has 2 heterocycles. The molecule has 2 aliphatic rings. The maximum atomic E-state index is 13.8. The normalized spacial score (nSPS) is 23.3. The number of carbonyl (C=O) groups is 1. The molecule has 0 radical (unpaired) electrons. The van der Waals surface area contributed by atoms with Crippen LogP contribution >= 0.6 is 39.7 Å². The summed E-state index contributed by atoms with van der Waals surface area (Å²) in [6.45, 7) is 3.95. The minimum atomic E-state index is -1.06. The molecule has 2 aliphatic heterocycles. The van der Waals surface area contributed by atoms with Crippen LogP contribution in [0.25, 0.3) is 0 Å². The number of benzene rings is 3. The van der Waals surface area contributed by atoms with Gasteiger partial charge in [-0.3, -0.25) is 9.69 Å². The van der Waals surface area contributed by atoms with Crippen LogP contribution in [0.5, 0.6) is 5.75 Å². The maximum Gasteiger partial charge on any atom is 0.236 e. The van der Waals surface area contributed by atoms with Gasteiger partial charge in [-0.05, 0) is 80.7 Å². The number of fused-ring (bicyclic) bond motifs is 4. The first-order valence-corrected chi connectivity index (χ1v) is 12.1. The maximum absolute atomic E-state index is 13.8. The molecule has 1 fully saturated rings. The van der Waals surface area contributed by atoms with Gasteiger partial charge in [-0.25, -0.2) is 0 Å². The van der Waals surface area contributed by atoms with Crippen LogP contribution in [0.1, 0.15) is 24.1 Å². The summed E-state index contributed by atoms with van der Waals surface area (Å²) in [5.74, 6) is -0.0705. The Morgan fingerprint density at radius 3 is 2.55 bits per heavy atom. The summed E-state index contributed by atoms with van der Waals surface area (Å²) in [6, 6.07) is 20.5.